The van der Waals surface area contributed by atoms with Gasteiger partial charge in [0, 0.05) is 27.9 Å². The van der Waals surface area contributed by atoms with E-state index >= 15 is 0 Å². The highest BCUT2D eigenvalue weighted by Gasteiger charge is 2.05. The molecule has 2 rings (SSSR count). The van der Waals surface area contributed by atoms with Crippen molar-refractivity contribution < 1.29 is 4.79 Å². The van der Waals surface area contributed by atoms with Crippen molar-refractivity contribution in [3.05, 3.63) is 47.4 Å². The summed E-state index contributed by atoms with van der Waals surface area (Å²) < 4.78 is 0. The molecule has 0 spiro atoms. The van der Waals surface area contributed by atoms with Crippen molar-refractivity contribution in [1.29, 1.82) is 0 Å². The molecular weight excluding hydrogens is 244 g/mol. The smallest absolute Gasteiger partial charge is 0.151 e. The lowest BCUT2D eigenvalue weighted by Gasteiger charge is -2.03. The van der Waals surface area contributed by atoms with Crippen LogP contribution in [0.5, 0.6) is 0 Å². The molecule has 3 nitrogen and oxygen atoms in total. The third-order valence-electron chi connectivity index (χ3n) is 1.86. The standard InChI is InChI=1S/C11H7ClN2OS/c12-9-2-1-8(7-15)10(5-9)16-11-6-13-3-4-14-11/h1-7H. The molecule has 1 aromatic heterocycles. The molecule has 0 aliphatic rings. The van der Waals surface area contributed by atoms with Crippen LogP contribution in [0.25, 0.3) is 0 Å². The number of rotatable bonds is 3. The summed E-state index contributed by atoms with van der Waals surface area (Å²) in [5.41, 5.74) is 0.597. The first-order valence-corrected chi connectivity index (χ1v) is 5.67. The maximum absolute atomic E-state index is 10.8. The number of hydrogen-bond donors (Lipinski definition) is 0. The summed E-state index contributed by atoms with van der Waals surface area (Å²) in [4.78, 5) is 19.7. The molecule has 0 unspecified atom stereocenters. The number of aromatic nitrogens is 2. The highest BCUT2D eigenvalue weighted by atomic mass is 35.5. The topological polar surface area (TPSA) is 42.9 Å². The highest BCUT2D eigenvalue weighted by Crippen LogP contribution is 2.29. The van der Waals surface area contributed by atoms with Crippen LogP contribution in [0, 0.1) is 0 Å². The number of hydrogen-bond acceptors (Lipinski definition) is 4. The lowest BCUT2D eigenvalue weighted by molar-refractivity contribution is 0.112. The van der Waals surface area contributed by atoms with Crippen LogP contribution >= 0.6 is 23.4 Å². The van der Waals surface area contributed by atoms with Crippen LogP contribution in [0.3, 0.4) is 0 Å². The molecule has 1 heterocycles. The molecule has 2 aromatic rings. The zero-order valence-electron chi connectivity index (χ0n) is 8.13. The summed E-state index contributed by atoms with van der Waals surface area (Å²) in [5, 5.41) is 1.32. The van der Waals surface area contributed by atoms with Crippen LogP contribution in [0.15, 0.2) is 46.7 Å². The Morgan fingerprint density at radius 2 is 2.19 bits per heavy atom. The Labute approximate surface area is 102 Å². The minimum absolute atomic E-state index is 0.594. The number of halogens is 1. The maximum Gasteiger partial charge on any atom is 0.151 e. The van der Waals surface area contributed by atoms with Crippen molar-refractivity contribution in [1.82, 2.24) is 9.97 Å². The Kier molecular flexibility index (Phi) is 3.54. The fourth-order valence-corrected chi connectivity index (χ4v) is 2.25. The zero-order valence-corrected chi connectivity index (χ0v) is 9.70. The van der Waals surface area contributed by atoms with Crippen molar-refractivity contribution in [3.8, 4) is 0 Å². The van der Waals surface area contributed by atoms with Crippen LogP contribution < -0.4 is 0 Å². The van der Waals surface area contributed by atoms with Gasteiger partial charge in [0.05, 0.1) is 6.20 Å². The van der Waals surface area contributed by atoms with Gasteiger partial charge in [0.25, 0.3) is 0 Å². The van der Waals surface area contributed by atoms with Gasteiger partial charge in [-0.15, -0.1) is 0 Å². The van der Waals surface area contributed by atoms with Gasteiger partial charge in [0.2, 0.25) is 0 Å². The average Bonchev–Trinajstić information content (AvgIpc) is 2.31. The van der Waals surface area contributed by atoms with Gasteiger partial charge < -0.3 is 0 Å². The molecule has 0 radical (unpaired) electrons. The lowest BCUT2D eigenvalue weighted by Crippen LogP contribution is -1.86. The first-order chi connectivity index (χ1) is 7.79. The Bertz CT molecular complexity index is 505. The van der Waals surface area contributed by atoms with Crippen LogP contribution in [0.2, 0.25) is 5.02 Å². The Hall–Kier alpha value is -1.39. The third-order valence-corrected chi connectivity index (χ3v) is 3.09. The minimum Gasteiger partial charge on any atom is -0.298 e. The van der Waals surface area contributed by atoms with Crippen LogP contribution in [-0.2, 0) is 0 Å². The second-order valence-corrected chi connectivity index (χ2v) is 4.44. The van der Waals surface area contributed by atoms with E-state index in [0.29, 0.717) is 10.6 Å². The molecule has 0 saturated heterocycles. The largest absolute Gasteiger partial charge is 0.298 e. The van der Waals surface area contributed by atoms with E-state index in [9.17, 15) is 4.79 Å². The monoisotopic (exact) mass is 250 g/mol. The van der Waals surface area contributed by atoms with Crippen molar-refractivity contribution in [2.45, 2.75) is 9.92 Å². The quantitative estimate of drug-likeness (QED) is 0.785. The molecule has 0 atom stereocenters. The molecule has 80 valence electrons. The van der Waals surface area contributed by atoms with E-state index < -0.39 is 0 Å². The number of aldehydes is 1. The Balaban J connectivity index is 2.33. The normalized spacial score (nSPS) is 10.1. The van der Waals surface area contributed by atoms with Crippen molar-refractivity contribution in [2.24, 2.45) is 0 Å². The summed E-state index contributed by atoms with van der Waals surface area (Å²) >= 11 is 7.24. The number of carbonyl (C=O) groups excluding carboxylic acids is 1. The van der Waals surface area contributed by atoms with Gasteiger partial charge in [-0.3, -0.25) is 9.78 Å². The molecule has 0 bridgehead atoms. The first-order valence-electron chi connectivity index (χ1n) is 4.48. The van der Waals surface area contributed by atoms with E-state index in [4.69, 9.17) is 11.6 Å². The number of nitrogens with zero attached hydrogens (tertiary/aromatic N) is 2. The molecule has 0 N–H and O–H groups in total. The first kappa shape index (κ1) is 11.1. The molecule has 0 aliphatic heterocycles. The zero-order chi connectivity index (χ0) is 11.4. The molecule has 0 saturated carbocycles. The fraction of sp³-hybridized carbons (Fsp3) is 0. The van der Waals surface area contributed by atoms with E-state index in [-0.39, 0.29) is 0 Å². The maximum atomic E-state index is 10.8. The van der Waals surface area contributed by atoms with E-state index in [2.05, 4.69) is 9.97 Å². The van der Waals surface area contributed by atoms with Gasteiger partial charge in [0.15, 0.2) is 6.29 Å². The summed E-state index contributed by atoms with van der Waals surface area (Å²) in [5.74, 6) is 0. The number of benzene rings is 1. The summed E-state index contributed by atoms with van der Waals surface area (Å²) in [6, 6.07) is 5.12. The van der Waals surface area contributed by atoms with Gasteiger partial charge in [0.1, 0.15) is 5.03 Å². The van der Waals surface area contributed by atoms with Crippen LogP contribution in [0.4, 0.5) is 0 Å². The molecule has 0 fully saturated rings. The van der Waals surface area contributed by atoms with Crippen molar-refractivity contribution >= 4 is 29.6 Å². The average molecular weight is 251 g/mol. The molecule has 1 aromatic carbocycles. The molecule has 5 heteroatoms. The van der Waals surface area contributed by atoms with E-state index in [1.54, 1.807) is 36.8 Å². The summed E-state index contributed by atoms with van der Waals surface area (Å²) in [6.07, 6.45) is 5.64. The second-order valence-electron chi connectivity index (χ2n) is 2.95. The van der Waals surface area contributed by atoms with Gasteiger partial charge in [-0.1, -0.05) is 23.4 Å². The fourth-order valence-electron chi connectivity index (χ4n) is 1.14. The predicted molar refractivity (Wildman–Crippen MR) is 63.0 cm³/mol. The van der Waals surface area contributed by atoms with E-state index in [1.807, 2.05) is 0 Å². The van der Waals surface area contributed by atoms with Crippen molar-refractivity contribution in [2.75, 3.05) is 0 Å². The lowest BCUT2D eigenvalue weighted by atomic mass is 10.2. The Morgan fingerprint density at radius 3 is 2.88 bits per heavy atom. The SMILES string of the molecule is O=Cc1ccc(Cl)cc1Sc1cnccn1. The predicted octanol–water partition coefficient (Wildman–Crippen LogP) is 3.09. The third kappa shape index (κ3) is 2.59. The summed E-state index contributed by atoms with van der Waals surface area (Å²) in [6.45, 7) is 0. The van der Waals surface area contributed by atoms with Crippen LogP contribution in [0.1, 0.15) is 10.4 Å². The summed E-state index contributed by atoms with van der Waals surface area (Å²) in [7, 11) is 0. The van der Waals surface area contributed by atoms with Gasteiger partial charge >= 0.3 is 0 Å². The van der Waals surface area contributed by atoms with Gasteiger partial charge in [-0.2, -0.15) is 0 Å². The molecule has 0 aliphatic carbocycles. The van der Waals surface area contributed by atoms with Crippen LogP contribution in [-0.4, -0.2) is 16.3 Å². The molecular formula is C11H7ClN2OS. The second kappa shape index (κ2) is 5.09. The van der Waals surface area contributed by atoms with Crippen molar-refractivity contribution in [3.63, 3.8) is 0 Å². The van der Waals surface area contributed by atoms with Gasteiger partial charge in [-0.05, 0) is 18.2 Å². The number of carbonyl (C=O) groups is 1. The minimum atomic E-state index is 0.594. The molecule has 0 amide bonds. The van der Waals surface area contributed by atoms with E-state index in [1.165, 1.54) is 11.8 Å². The Morgan fingerprint density at radius 1 is 1.31 bits per heavy atom. The molecule has 16 heavy (non-hydrogen) atoms. The van der Waals surface area contributed by atoms with Gasteiger partial charge in [-0.25, -0.2) is 4.98 Å². The highest BCUT2D eigenvalue weighted by molar-refractivity contribution is 7.99. The van der Waals surface area contributed by atoms with E-state index in [0.717, 1.165) is 16.2 Å².